The lowest BCUT2D eigenvalue weighted by Gasteiger charge is -2.27. The SMILES string of the molecule is O=C(C1CCNCC1)N1CCc2cc(Br)ccc21. The first-order valence-corrected chi connectivity index (χ1v) is 7.35. The number of carbonyl (C=O) groups is 1. The van der Waals surface area contributed by atoms with Crippen LogP contribution < -0.4 is 10.2 Å². The van der Waals surface area contributed by atoms with E-state index in [1.54, 1.807) is 0 Å². The molecule has 1 aromatic rings. The zero-order valence-electron chi connectivity index (χ0n) is 10.3. The highest BCUT2D eigenvalue weighted by Crippen LogP contribution is 2.32. The highest BCUT2D eigenvalue weighted by Gasteiger charge is 2.30. The largest absolute Gasteiger partial charge is 0.317 e. The quantitative estimate of drug-likeness (QED) is 0.863. The molecule has 1 fully saturated rings. The van der Waals surface area contributed by atoms with E-state index in [1.165, 1.54) is 5.56 Å². The van der Waals surface area contributed by atoms with Gasteiger partial charge in [-0.3, -0.25) is 4.79 Å². The fraction of sp³-hybridized carbons (Fsp3) is 0.500. The van der Waals surface area contributed by atoms with Crippen LogP contribution in [0.2, 0.25) is 0 Å². The van der Waals surface area contributed by atoms with Crippen LogP contribution >= 0.6 is 15.9 Å². The summed E-state index contributed by atoms with van der Waals surface area (Å²) in [5.41, 5.74) is 2.40. The normalized spacial score (nSPS) is 19.9. The number of carbonyl (C=O) groups excluding carboxylic acids is 1. The molecule has 0 atom stereocenters. The molecule has 0 bridgehead atoms. The highest BCUT2D eigenvalue weighted by molar-refractivity contribution is 9.10. The van der Waals surface area contributed by atoms with Gasteiger partial charge in [-0.25, -0.2) is 0 Å². The molecule has 1 aromatic carbocycles. The number of benzene rings is 1. The van der Waals surface area contributed by atoms with Gasteiger partial charge in [0.25, 0.3) is 0 Å². The second-order valence-corrected chi connectivity index (χ2v) is 5.95. The van der Waals surface area contributed by atoms with E-state index in [1.807, 2.05) is 11.0 Å². The van der Waals surface area contributed by atoms with Crippen molar-refractivity contribution in [2.75, 3.05) is 24.5 Å². The number of nitrogens with one attached hydrogen (secondary N) is 1. The van der Waals surface area contributed by atoms with Crippen LogP contribution in [-0.2, 0) is 11.2 Å². The van der Waals surface area contributed by atoms with Crippen LogP contribution in [0.4, 0.5) is 5.69 Å². The summed E-state index contributed by atoms with van der Waals surface area (Å²) in [6.07, 6.45) is 2.92. The number of halogens is 1. The van der Waals surface area contributed by atoms with Crippen LogP contribution in [0, 0.1) is 5.92 Å². The summed E-state index contributed by atoms with van der Waals surface area (Å²) >= 11 is 3.49. The zero-order valence-corrected chi connectivity index (χ0v) is 11.9. The molecule has 0 aliphatic carbocycles. The summed E-state index contributed by atoms with van der Waals surface area (Å²) in [4.78, 5) is 14.5. The van der Waals surface area contributed by atoms with Crippen molar-refractivity contribution in [3.63, 3.8) is 0 Å². The van der Waals surface area contributed by atoms with E-state index in [0.717, 1.165) is 49.1 Å². The summed E-state index contributed by atoms with van der Waals surface area (Å²) < 4.78 is 1.09. The van der Waals surface area contributed by atoms with Gasteiger partial charge >= 0.3 is 0 Å². The van der Waals surface area contributed by atoms with Crippen LogP contribution in [0.1, 0.15) is 18.4 Å². The summed E-state index contributed by atoms with van der Waals surface area (Å²) in [7, 11) is 0. The lowest BCUT2D eigenvalue weighted by molar-refractivity contribution is -0.123. The fourth-order valence-electron chi connectivity index (χ4n) is 2.89. The molecule has 2 heterocycles. The molecule has 0 saturated carbocycles. The molecule has 0 spiro atoms. The lowest BCUT2D eigenvalue weighted by Crippen LogP contribution is -2.40. The molecule has 3 rings (SSSR count). The number of piperidine rings is 1. The van der Waals surface area contributed by atoms with Gasteiger partial charge in [-0.1, -0.05) is 15.9 Å². The van der Waals surface area contributed by atoms with Crippen LogP contribution in [-0.4, -0.2) is 25.5 Å². The first kappa shape index (κ1) is 12.2. The molecular weight excluding hydrogens is 292 g/mol. The Kier molecular flexibility index (Phi) is 3.39. The van der Waals surface area contributed by atoms with Gasteiger partial charge in [0.05, 0.1) is 0 Å². The summed E-state index contributed by atoms with van der Waals surface area (Å²) in [5.74, 6) is 0.526. The molecule has 18 heavy (non-hydrogen) atoms. The number of anilines is 1. The summed E-state index contributed by atoms with van der Waals surface area (Å²) in [5, 5.41) is 3.31. The smallest absolute Gasteiger partial charge is 0.230 e. The van der Waals surface area contributed by atoms with Crippen molar-refractivity contribution >= 4 is 27.5 Å². The Morgan fingerprint density at radius 1 is 1.33 bits per heavy atom. The minimum atomic E-state index is 0.209. The molecule has 3 nitrogen and oxygen atoms in total. The number of hydrogen-bond acceptors (Lipinski definition) is 2. The predicted octanol–water partition coefficient (Wildman–Crippen LogP) is 2.34. The van der Waals surface area contributed by atoms with Crippen molar-refractivity contribution in [2.45, 2.75) is 19.3 Å². The molecule has 2 aliphatic rings. The summed E-state index contributed by atoms with van der Waals surface area (Å²) in [6, 6.07) is 6.21. The maximum atomic E-state index is 12.5. The fourth-order valence-corrected chi connectivity index (χ4v) is 3.30. The average Bonchev–Trinajstić information content (AvgIpc) is 2.81. The van der Waals surface area contributed by atoms with Crippen molar-refractivity contribution in [2.24, 2.45) is 5.92 Å². The van der Waals surface area contributed by atoms with Crippen molar-refractivity contribution in [1.29, 1.82) is 0 Å². The van der Waals surface area contributed by atoms with E-state index in [-0.39, 0.29) is 5.92 Å². The number of fused-ring (bicyclic) bond motifs is 1. The van der Waals surface area contributed by atoms with Crippen LogP contribution in [0.25, 0.3) is 0 Å². The molecule has 0 radical (unpaired) electrons. The third kappa shape index (κ3) is 2.19. The van der Waals surface area contributed by atoms with Gasteiger partial charge in [-0.05, 0) is 56.1 Å². The van der Waals surface area contributed by atoms with Gasteiger partial charge in [0.1, 0.15) is 0 Å². The Bertz CT molecular complexity index is 469. The third-order valence-electron chi connectivity index (χ3n) is 3.89. The van der Waals surface area contributed by atoms with Gasteiger partial charge in [-0.2, -0.15) is 0 Å². The van der Waals surface area contributed by atoms with Gasteiger partial charge in [0.15, 0.2) is 0 Å². The van der Waals surface area contributed by atoms with Crippen molar-refractivity contribution in [1.82, 2.24) is 5.32 Å². The molecule has 4 heteroatoms. The maximum absolute atomic E-state index is 12.5. The first-order chi connectivity index (χ1) is 8.75. The summed E-state index contributed by atoms with van der Waals surface area (Å²) in [6.45, 7) is 2.78. The second-order valence-electron chi connectivity index (χ2n) is 5.04. The van der Waals surface area contributed by atoms with Gasteiger partial charge in [0.2, 0.25) is 5.91 Å². The predicted molar refractivity (Wildman–Crippen MR) is 75.8 cm³/mol. The number of hydrogen-bond donors (Lipinski definition) is 1. The Morgan fingerprint density at radius 2 is 2.11 bits per heavy atom. The zero-order chi connectivity index (χ0) is 12.5. The first-order valence-electron chi connectivity index (χ1n) is 6.56. The number of nitrogens with zero attached hydrogens (tertiary/aromatic N) is 1. The standard InChI is InChI=1S/C14H17BrN2O/c15-12-1-2-13-11(9-12)5-8-17(13)14(18)10-3-6-16-7-4-10/h1-2,9-10,16H,3-8H2. The molecule has 0 aromatic heterocycles. The van der Waals surface area contributed by atoms with Crippen molar-refractivity contribution in [3.8, 4) is 0 Å². The van der Waals surface area contributed by atoms with Gasteiger partial charge in [0, 0.05) is 22.6 Å². The van der Waals surface area contributed by atoms with Crippen molar-refractivity contribution < 1.29 is 4.79 Å². The molecule has 96 valence electrons. The van der Waals surface area contributed by atoms with Crippen LogP contribution in [0.15, 0.2) is 22.7 Å². The molecular formula is C14H17BrN2O. The minimum Gasteiger partial charge on any atom is -0.317 e. The van der Waals surface area contributed by atoms with E-state index < -0.39 is 0 Å². The molecule has 1 N–H and O–H groups in total. The van der Waals surface area contributed by atoms with Crippen LogP contribution in [0.3, 0.4) is 0 Å². The van der Waals surface area contributed by atoms with Gasteiger partial charge in [-0.15, -0.1) is 0 Å². The molecule has 0 unspecified atom stereocenters. The van der Waals surface area contributed by atoms with Crippen LogP contribution in [0.5, 0.6) is 0 Å². The molecule has 2 aliphatic heterocycles. The minimum absolute atomic E-state index is 0.209. The van der Waals surface area contributed by atoms with E-state index in [0.29, 0.717) is 5.91 Å². The Labute approximate surface area is 116 Å². The van der Waals surface area contributed by atoms with Gasteiger partial charge < -0.3 is 10.2 Å². The maximum Gasteiger partial charge on any atom is 0.230 e. The Balaban J connectivity index is 1.80. The Morgan fingerprint density at radius 3 is 2.89 bits per heavy atom. The Hall–Kier alpha value is -0.870. The van der Waals surface area contributed by atoms with Crippen molar-refractivity contribution in [3.05, 3.63) is 28.2 Å². The lowest BCUT2D eigenvalue weighted by atomic mass is 9.96. The highest BCUT2D eigenvalue weighted by atomic mass is 79.9. The van der Waals surface area contributed by atoms with E-state index in [2.05, 4.69) is 33.4 Å². The molecule has 1 amide bonds. The number of amides is 1. The van der Waals surface area contributed by atoms with E-state index >= 15 is 0 Å². The average molecular weight is 309 g/mol. The number of rotatable bonds is 1. The van der Waals surface area contributed by atoms with E-state index in [4.69, 9.17) is 0 Å². The third-order valence-corrected chi connectivity index (χ3v) is 4.38. The monoisotopic (exact) mass is 308 g/mol. The molecule has 1 saturated heterocycles. The second kappa shape index (κ2) is 5.02. The van der Waals surface area contributed by atoms with E-state index in [9.17, 15) is 4.79 Å². The topological polar surface area (TPSA) is 32.3 Å².